The van der Waals surface area contributed by atoms with E-state index in [-0.39, 0.29) is 24.1 Å². The number of hydrogen-bond donors (Lipinski definition) is 3. The summed E-state index contributed by atoms with van der Waals surface area (Å²) >= 11 is 1.48. The summed E-state index contributed by atoms with van der Waals surface area (Å²) in [5, 5.41) is 5.84. The lowest BCUT2D eigenvalue weighted by Crippen LogP contribution is -2.31. The largest absolute Gasteiger partial charge is 0.493 e. The van der Waals surface area contributed by atoms with E-state index < -0.39 is 10.3 Å². The smallest absolute Gasteiger partial charge is 0.357 e. The van der Waals surface area contributed by atoms with Crippen LogP contribution >= 0.6 is 11.3 Å². The van der Waals surface area contributed by atoms with Gasteiger partial charge < -0.3 is 14.8 Å². The first kappa shape index (κ1) is 25.5. The highest BCUT2D eigenvalue weighted by molar-refractivity contribution is 7.87. The number of nitrogens with zero attached hydrogens (tertiary/aromatic N) is 1. The van der Waals surface area contributed by atoms with Crippen molar-refractivity contribution in [1.29, 1.82) is 0 Å². The third-order valence-electron chi connectivity index (χ3n) is 5.02. The Balaban J connectivity index is 1.76. The average molecular weight is 506 g/mol. The minimum Gasteiger partial charge on any atom is -0.493 e. The van der Waals surface area contributed by atoms with Crippen LogP contribution in [0.2, 0.25) is 0 Å². The molecule has 0 bridgehead atoms. The summed E-state index contributed by atoms with van der Waals surface area (Å²) in [6, 6.07) is 11.5. The molecule has 182 valence electrons. The molecule has 1 unspecified atom stereocenters. The van der Waals surface area contributed by atoms with Gasteiger partial charge in [0.05, 0.1) is 38.1 Å². The molecule has 1 aromatic heterocycles. The molecule has 11 heteroatoms. The minimum atomic E-state index is -4.34. The minimum absolute atomic E-state index is 0.153. The number of rotatable bonds is 11. The molecule has 0 spiro atoms. The number of benzene rings is 2. The highest BCUT2D eigenvalue weighted by Crippen LogP contribution is 2.28. The van der Waals surface area contributed by atoms with Gasteiger partial charge in [0.15, 0.2) is 11.5 Å². The maximum atomic E-state index is 12.9. The molecular weight excluding hydrogens is 478 g/mol. The second-order valence-electron chi connectivity index (χ2n) is 7.50. The van der Waals surface area contributed by atoms with Crippen molar-refractivity contribution in [1.82, 2.24) is 10.3 Å². The van der Waals surface area contributed by atoms with Crippen LogP contribution in [0.25, 0.3) is 0 Å². The Hall–Kier alpha value is -3.15. The zero-order valence-corrected chi connectivity index (χ0v) is 20.7. The molecule has 0 saturated carbocycles. The van der Waals surface area contributed by atoms with Crippen LogP contribution in [-0.2, 0) is 34.4 Å². The molecule has 34 heavy (non-hydrogen) atoms. The van der Waals surface area contributed by atoms with Crippen LogP contribution in [0.15, 0.2) is 47.8 Å². The van der Waals surface area contributed by atoms with E-state index in [4.69, 9.17) is 14.0 Å². The normalized spacial score (nSPS) is 12.1. The molecule has 3 rings (SSSR count). The van der Waals surface area contributed by atoms with E-state index in [1.807, 2.05) is 23.1 Å². The van der Waals surface area contributed by atoms with E-state index in [9.17, 15) is 13.2 Å². The topological polar surface area (TPSA) is 127 Å². The van der Waals surface area contributed by atoms with Crippen molar-refractivity contribution >= 4 is 33.2 Å². The molecule has 0 radical (unpaired) electrons. The summed E-state index contributed by atoms with van der Waals surface area (Å²) in [6.07, 6.45) is 1.40. The van der Waals surface area contributed by atoms with Gasteiger partial charge >= 0.3 is 10.3 Å². The fourth-order valence-electron chi connectivity index (χ4n) is 3.36. The predicted octanol–water partition coefficient (Wildman–Crippen LogP) is 3.58. The fraction of sp³-hybridized carbons (Fsp3) is 0.304. The quantitative estimate of drug-likeness (QED) is 0.340. The zero-order chi connectivity index (χ0) is 24.7. The summed E-state index contributed by atoms with van der Waals surface area (Å²) in [5.41, 5.74) is 2.84. The Labute approximate surface area is 203 Å². The van der Waals surface area contributed by atoms with Gasteiger partial charge in [-0.15, -0.1) is 11.3 Å². The number of carbonyl (C=O) groups is 1. The number of aryl methyl sites for hydroxylation is 1. The first-order valence-corrected chi connectivity index (χ1v) is 12.8. The molecular formula is C23H27N3O6S2. The van der Waals surface area contributed by atoms with E-state index in [1.54, 1.807) is 50.6 Å². The van der Waals surface area contributed by atoms with Gasteiger partial charge in [0.1, 0.15) is 5.01 Å². The third-order valence-corrected chi connectivity index (χ3v) is 6.52. The van der Waals surface area contributed by atoms with Crippen molar-refractivity contribution < 1.29 is 27.2 Å². The van der Waals surface area contributed by atoms with Gasteiger partial charge in [-0.2, -0.15) is 8.42 Å². The molecule has 0 aliphatic rings. The lowest BCUT2D eigenvalue weighted by molar-refractivity contribution is -0.121. The molecule has 1 atom stereocenters. The van der Waals surface area contributed by atoms with Gasteiger partial charge in [0, 0.05) is 5.38 Å². The Bertz CT molecular complexity index is 1230. The van der Waals surface area contributed by atoms with Crippen molar-refractivity contribution in [2.24, 2.45) is 0 Å². The van der Waals surface area contributed by atoms with Crippen LogP contribution in [0.5, 0.6) is 11.5 Å². The Kier molecular flexibility index (Phi) is 8.48. The highest BCUT2D eigenvalue weighted by atomic mass is 32.2. The van der Waals surface area contributed by atoms with Crippen LogP contribution in [-0.4, -0.2) is 38.1 Å². The summed E-state index contributed by atoms with van der Waals surface area (Å²) in [5.74, 6) is 0.969. The first-order valence-electron chi connectivity index (χ1n) is 10.5. The molecule has 3 aromatic rings. The van der Waals surface area contributed by atoms with Crippen LogP contribution in [0, 0.1) is 0 Å². The van der Waals surface area contributed by atoms with Crippen LogP contribution in [0.3, 0.4) is 0 Å². The number of anilines is 1. The molecule has 0 saturated heterocycles. The maximum Gasteiger partial charge on any atom is 0.357 e. The van der Waals surface area contributed by atoms with Crippen LogP contribution < -0.4 is 19.5 Å². The second-order valence-corrected chi connectivity index (χ2v) is 9.54. The number of aromatic nitrogens is 1. The Morgan fingerprint density at radius 3 is 2.35 bits per heavy atom. The van der Waals surface area contributed by atoms with E-state index in [1.165, 1.54) is 11.3 Å². The molecule has 1 heterocycles. The molecule has 1 amide bonds. The van der Waals surface area contributed by atoms with E-state index >= 15 is 0 Å². The van der Waals surface area contributed by atoms with Crippen LogP contribution in [0.4, 0.5) is 5.69 Å². The average Bonchev–Trinajstić information content (AvgIpc) is 3.28. The van der Waals surface area contributed by atoms with E-state index in [0.29, 0.717) is 17.9 Å². The summed E-state index contributed by atoms with van der Waals surface area (Å²) in [6.45, 7) is 2.02. The summed E-state index contributed by atoms with van der Waals surface area (Å²) in [7, 11) is -1.25. The van der Waals surface area contributed by atoms with E-state index in [2.05, 4.69) is 10.3 Å². The van der Waals surface area contributed by atoms with Gasteiger partial charge in [0.25, 0.3) is 0 Å². The number of carbonyl (C=O) groups excluding carboxylic acids is 1. The van der Waals surface area contributed by atoms with Crippen LogP contribution in [0.1, 0.15) is 34.8 Å². The number of amides is 1. The Morgan fingerprint density at radius 1 is 1.09 bits per heavy atom. The predicted molar refractivity (Wildman–Crippen MR) is 131 cm³/mol. The molecule has 3 N–H and O–H groups in total. The monoisotopic (exact) mass is 505 g/mol. The van der Waals surface area contributed by atoms with Gasteiger partial charge in [-0.1, -0.05) is 25.1 Å². The summed E-state index contributed by atoms with van der Waals surface area (Å²) < 4.78 is 43.5. The summed E-state index contributed by atoms with van der Waals surface area (Å²) in [4.78, 5) is 17.6. The molecule has 0 aliphatic heterocycles. The standard InChI is InChI=1S/C23H27N3O6S2/c1-4-17-14-33-23(24-17)19(11-15-5-8-18(9-6-15)26-34(28,29)30)25-22(27)13-16-7-10-20(31-2)21(12-16)32-3/h5-10,12,14,19,26H,4,11,13H2,1-3H3,(H,25,27)(H,28,29,30). The SMILES string of the molecule is CCc1csc(C(Cc2ccc(NS(=O)(=O)O)cc2)NC(=O)Cc2ccc(OC)c(OC)c2)n1. The van der Waals surface area contributed by atoms with Crippen molar-refractivity contribution in [3.63, 3.8) is 0 Å². The molecule has 2 aromatic carbocycles. The van der Waals surface area contributed by atoms with Crippen molar-refractivity contribution in [2.75, 3.05) is 18.9 Å². The highest BCUT2D eigenvalue weighted by Gasteiger charge is 2.20. The molecule has 0 aliphatic carbocycles. The number of hydrogen-bond acceptors (Lipinski definition) is 7. The fourth-order valence-corrected chi connectivity index (χ4v) is 4.75. The maximum absolute atomic E-state index is 12.9. The molecule has 0 fully saturated rings. The second kappa shape index (κ2) is 11.3. The lowest BCUT2D eigenvalue weighted by Gasteiger charge is -2.18. The number of ether oxygens (including phenoxy) is 2. The van der Waals surface area contributed by atoms with Gasteiger partial charge in [-0.05, 0) is 48.2 Å². The number of methoxy groups -OCH3 is 2. The van der Waals surface area contributed by atoms with Crippen molar-refractivity contribution in [3.05, 3.63) is 69.7 Å². The van der Waals surface area contributed by atoms with Crippen molar-refractivity contribution in [2.45, 2.75) is 32.2 Å². The van der Waals surface area contributed by atoms with Crippen molar-refractivity contribution in [3.8, 4) is 11.5 Å². The third kappa shape index (κ3) is 7.17. The van der Waals surface area contributed by atoms with Gasteiger partial charge in [0.2, 0.25) is 5.91 Å². The Morgan fingerprint density at radius 2 is 1.76 bits per heavy atom. The first-order chi connectivity index (χ1) is 16.2. The number of thiazole rings is 1. The zero-order valence-electron chi connectivity index (χ0n) is 19.1. The lowest BCUT2D eigenvalue weighted by atomic mass is 10.0. The van der Waals surface area contributed by atoms with Gasteiger partial charge in [-0.3, -0.25) is 14.1 Å². The van der Waals surface area contributed by atoms with E-state index in [0.717, 1.165) is 28.2 Å². The van der Waals surface area contributed by atoms with Gasteiger partial charge in [-0.25, -0.2) is 4.98 Å². The number of nitrogens with one attached hydrogen (secondary N) is 2. The molecule has 9 nitrogen and oxygen atoms in total.